The highest BCUT2D eigenvalue weighted by Crippen LogP contribution is 2.45. The Hall–Kier alpha value is -2.10. The molecule has 1 saturated heterocycles. The van der Waals surface area contributed by atoms with Crippen molar-refractivity contribution < 1.29 is 0 Å². The number of aryl methyl sites for hydroxylation is 1. The van der Waals surface area contributed by atoms with Gasteiger partial charge in [-0.05, 0) is 92.2 Å². The van der Waals surface area contributed by atoms with E-state index >= 15 is 0 Å². The molecule has 0 spiro atoms. The van der Waals surface area contributed by atoms with Crippen LogP contribution >= 0.6 is 11.6 Å². The van der Waals surface area contributed by atoms with Crippen molar-refractivity contribution in [1.82, 2.24) is 10.2 Å². The highest BCUT2D eigenvalue weighted by atomic mass is 35.5. The van der Waals surface area contributed by atoms with Crippen LogP contribution in [0.5, 0.6) is 0 Å². The molecule has 3 nitrogen and oxygen atoms in total. The fraction of sp³-hybridized carbons (Fsp3) is 0.423. The number of hydrogen-bond donors (Lipinski definition) is 1. The second kappa shape index (κ2) is 9.80. The molecule has 3 aliphatic rings. The number of hydrogen-bond acceptors (Lipinski definition) is 3. The van der Waals surface area contributed by atoms with Crippen molar-refractivity contribution in [2.45, 2.75) is 44.9 Å². The first-order valence-electron chi connectivity index (χ1n) is 11.1. The summed E-state index contributed by atoms with van der Waals surface area (Å²) in [5.41, 5.74) is 6.90. The van der Waals surface area contributed by atoms with Crippen molar-refractivity contribution >= 4 is 17.8 Å². The predicted molar refractivity (Wildman–Crippen MR) is 128 cm³/mol. The van der Waals surface area contributed by atoms with Crippen molar-refractivity contribution in [1.29, 1.82) is 0 Å². The highest BCUT2D eigenvalue weighted by molar-refractivity contribution is 6.30. The zero-order chi connectivity index (χ0) is 20.9. The average molecular weight is 422 g/mol. The molecular weight excluding hydrogens is 390 g/mol. The minimum Gasteiger partial charge on any atom is -0.368 e. The van der Waals surface area contributed by atoms with Gasteiger partial charge >= 0.3 is 0 Å². The second-order valence-corrected chi connectivity index (χ2v) is 9.09. The normalized spacial score (nSPS) is 22.9. The molecule has 1 aromatic carbocycles. The number of halogens is 1. The van der Waals surface area contributed by atoms with Crippen molar-refractivity contribution in [2.24, 2.45) is 10.9 Å². The number of piperidine rings is 1. The van der Waals surface area contributed by atoms with Gasteiger partial charge in [0, 0.05) is 36.3 Å². The number of fused-ring (bicyclic) bond motifs is 1. The van der Waals surface area contributed by atoms with E-state index in [1.165, 1.54) is 40.8 Å². The molecule has 0 radical (unpaired) electrons. The van der Waals surface area contributed by atoms with Gasteiger partial charge in [0.25, 0.3) is 0 Å². The molecule has 1 unspecified atom stereocenters. The largest absolute Gasteiger partial charge is 0.368 e. The lowest BCUT2D eigenvalue weighted by atomic mass is 9.76. The first kappa shape index (κ1) is 21.1. The minimum atomic E-state index is 0.370. The van der Waals surface area contributed by atoms with Gasteiger partial charge in [-0.1, -0.05) is 36.4 Å². The van der Waals surface area contributed by atoms with Crippen LogP contribution in [0.2, 0.25) is 5.02 Å². The fourth-order valence-corrected chi connectivity index (χ4v) is 5.31. The standard InChI is InChI=1S/C26H32ClN3/c1-3-28-17-19(2)18-30-14-11-20(12-15-30)25-24-10-9-23(27)16-22(24)8-7-21-6-4-5-13-29-26(21)25/h3-4,6,9-10,13,16-17,20,25,28H,1,5,7-8,11-12,14-15,18H2,2H3/b19-17+. The molecule has 4 rings (SSSR count). The van der Waals surface area contributed by atoms with Crippen LogP contribution in [0.4, 0.5) is 0 Å². The number of benzene rings is 1. The second-order valence-electron chi connectivity index (χ2n) is 8.66. The van der Waals surface area contributed by atoms with E-state index in [4.69, 9.17) is 16.6 Å². The van der Waals surface area contributed by atoms with Gasteiger partial charge in [-0.3, -0.25) is 9.89 Å². The molecule has 4 heteroatoms. The average Bonchev–Trinajstić information content (AvgIpc) is 3.06. The summed E-state index contributed by atoms with van der Waals surface area (Å²) in [6.07, 6.45) is 15.8. The van der Waals surface area contributed by atoms with Crippen LogP contribution in [0.1, 0.15) is 49.7 Å². The Morgan fingerprint density at radius 1 is 1.30 bits per heavy atom. The summed E-state index contributed by atoms with van der Waals surface area (Å²) in [6.45, 7) is 9.17. The van der Waals surface area contributed by atoms with E-state index in [1.807, 2.05) is 6.20 Å². The van der Waals surface area contributed by atoms with Crippen molar-refractivity contribution in [2.75, 3.05) is 19.6 Å². The van der Waals surface area contributed by atoms with E-state index in [0.29, 0.717) is 11.8 Å². The fourth-order valence-electron chi connectivity index (χ4n) is 5.11. The SMILES string of the molecule is C=CN/C=C(\C)CN1CCC(C2C3=C(C=CCC=N3)CCc3cc(Cl)ccc32)CC1. The molecule has 0 aromatic heterocycles. The third-order valence-corrected chi connectivity index (χ3v) is 6.78. The first-order valence-corrected chi connectivity index (χ1v) is 11.5. The van der Waals surface area contributed by atoms with Gasteiger partial charge in [0.05, 0.1) is 5.70 Å². The maximum absolute atomic E-state index is 6.37. The number of allylic oxidation sites excluding steroid dienone is 4. The molecule has 1 atom stereocenters. The lowest BCUT2D eigenvalue weighted by molar-refractivity contribution is 0.185. The molecule has 0 bridgehead atoms. The highest BCUT2D eigenvalue weighted by Gasteiger charge is 2.34. The van der Waals surface area contributed by atoms with Crippen LogP contribution in [-0.2, 0) is 6.42 Å². The third-order valence-electron chi connectivity index (χ3n) is 6.54. The zero-order valence-corrected chi connectivity index (χ0v) is 18.7. The maximum Gasteiger partial charge on any atom is 0.0509 e. The summed E-state index contributed by atoms with van der Waals surface area (Å²) in [5, 5.41) is 3.94. The summed E-state index contributed by atoms with van der Waals surface area (Å²) in [6, 6.07) is 6.51. The molecule has 0 amide bonds. The summed E-state index contributed by atoms with van der Waals surface area (Å²) in [4.78, 5) is 7.57. The Labute approximate surface area is 185 Å². The molecule has 1 fully saturated rings. The Kier molecular flexibility index (Phi) is 6.91. The minimum absolute atomic E-state index is 0.370. The maximum atomic E-state index is 6.37. The molecule has 158 valence electrons. The monoisotopic (exact) mass is 421 g/mol. The van der Waals surface area contributed by atoms with E-state index in [-0.39, 0.29) is 0 Å². The van der Waals surface area contributed by atoms with E-state index in [2.05, 4.69) is 60.3 Å². The van der Waals surface area contributed by atoms with Crippen LogP contribution in [-0.4, -0.2) is 30.7 Å². The molecule has 0 saturated carbocycles. The number of nitrogens with zero attached hydrogens (tertiary/aromatic N) is 2. The van der Waals surface area contributed by atoms with Gasteiger partial charge in [0.15, 0.2) is 0 Å². The quantitative estimate of drug-likeness (QED) is 0.630. The molecule has 1 aromatic rings. The lowest BCUT2D eigenvalue weighted by Gasteiger charge is -2.37. The molecule has 30 heavy (non-hydrogen) atoms. The molecule has 2 heterocycles. The van der Waals surface area contributed by atoms with Crippen LogP contribution < -0.4 is 5.32 Å². The number of aliphatic imine (C=N–C) groups is 1. The first-order chi connectivity index (χ1) is 14.7. The van der Waals surface area contributed by atoms with Crippen LogP contribution in [0.15, 0.2) is 71.2 Å². The molecule has 1 aliphatic carbocycles. The van der Waals surface area contributed by atoms with E-state index in [1.54, 1.807) is 6.20 Å². The van der Waals surface area contributed by atoms with Crippen LogP contribution in [0.25, 0.3) is 0 Å². The summed E-state index contributed by atoms with van der Waals surface area (Å²) in [7, 11) is 0. The number of nitrogens with one attached hydrogen (secondary N) is 1. The molecular formula is C26H32ClN3. The summed E-state index contributed by atoms with van der Waals surface area (Å²) >= 11 is 6.37. The van der Waals surface area contributed by atoms with Gasteiger partial charge in [-0.15, -0.1) is 0 Å². The zero-order valence-electron chi connectivity index (χ0n) is 17.9. The van der Waals surface area contributed by atoms with Gasteiger partial charge in [0.1, 0.15) is 0 Å². The van der Waals surface area contributed by atoms with Crippen LogP contribution in [0, 0.1) is 5.92 Å². The van der Waals surface area contributed by atoms with Crippen molar-refractivity contribution in [3.63, 3.8) is 0 Å². The Bertz CT molecular complexity index is 901. The van der Waals surface area contributed by atoms with E-state index < -0.39 is 0 Å². The lowest BCUT2D eigenvalue weighted by Crippen LogP contribution is -2.37. The topological polar surface area (TPSA) is 27.6 Å². The Morgan fingerprint density at radius 3 is 2.93 bits per heavy atom. The van der Waals surface area contributed by atoms with Crippen molar-refractivity contribution in [3.05, 3.63) is 82.3 Å². The van der Waals surface area contributed by atoms with Gasteiger partial charge < -0.3 is 5.32 Å². The van der Waals surface area contributed by atoms with Crippen molar-refractivity contribution in [3.8, 4) is 0 Å². The third kappa shape index (κ3) is 4.79. The van der Waals surface area contributed by atoms with Gasteiger partial charge in [-0.25, -0.2) is 0 Å². The van der Waals surface area contributed by atoms with E-state index in [9.17, 15) is 0 Å². The summed E-state index contributed by atoms with van der Waals surface area (Å²) in [5.74, 6) is 0.985. The Balaban J connectivity index is 1.58. The van der Waals surface area contributed by atoms with Gasteiger partial charge in [0.2, 0.25) is 0 Å². The smallest absolute Gasteiger partial charge is 0.0509 e. The number of likely N-dealkylation sites (tertiary alicyclic amines) is 1. The summed E-state index contributed by atoms with van der Waals surface area (Å²) < 4.78 is 0. The van der Waals surface area contributed by atoms with Gasteiger partial charge in [-0.2, -0.15) is 0 Å². The van der Waals surface area contributed by atoms with Crippen LogP contribution in [0.3, 0.4) is 0 Å². The Morgan fingerprint density at radius 2 is 2.13 bits per heavy atom. The number of rotatable bonds is 5. The molecule has 1 N–H and O–H groups in total. The van der Waals surface area contributed by atoms with E-state index in [0.717, 1.165) is 43.9 Å². The predicted octanol–water partition coefficient (Wildman–Crippen LogP) is 6.00. The molecule has 2 aliphatic heterocycles.